The maximum absolute atomic E-state index is 9.00. The standard InChI is InChI=1S/C16H17N5/c1-2-5-19-15-7-14(20-16(21-15)12-3-4-12)13-6-11(8-17)9-18-10-13/h6-7,9-10,12H,2-5H2,1H3,(H,19,20,21). The number of hydrogen-bond acceptors (Lipinski definition) is 5. The Morgan fingerprint density at radius 2 is 2.14 bits per heavy atom. The van der Waals surface area contributed by atoms with Gasteiger partial charge in [0.15, 0.2) is 0 Å². The fourth-order valence-corrected chi connectivity index (χ4v) is 2.12. The van der Waals surface area contributed by atoms with Gasteiger partial charge in [0.25, 0.3) is 0 Å². The number of anilines is 1. The van der Waals surface area contributed by atoms with Gasteiger partial charge in [0, 0.05) is 36.5 Å². The molecule has 1 aliphatic carbocycles. The minimum Gasteiger partial charge on any atom is -0.370 e. The van der Waals surface area contributed by atoms with Gasteiger partial charge in [-0.3, -0.25) is 4.98 Å². The van der Waals surface area contributed by atoms with Crippen molar-refractivity contribution < 1.29 is 0 Å². The summed E-state index contributed by atoms with van der Waals surface area (Å²) in [6.07, 6.45) is 6.66. The molecule has 0 amide bonds. The predicted molar refractivity (Wildman–Crippen MR) is 80.7 cm³/mol. The maximum atomic E-state index is 9.00. The van der Waals surface area contributed by atoms with Gasteiger partial charge < -0.3 is 5.32 Å². The summed E-state index contributed by atoms with van der Waals surface area (Å²) in [5, 5.41) is 12.3. The second-order valence-corrected chi connectivity index (χ2v) is 5.27. The fraction of sp³-hybridized carbons (Fsp3) is 0.375. The highest BCUT2D eigenvalue weighted by Crippen LogP contribution is 2.39. The summed E-state index contributed by atoms with van der Waals surface area (Å²) in [4.78, 5) is 13.4. The number of pyridine rings is 1. The first-order valence-electron chi connectivity index (χ1n) is 7.28. The van der Waals surface area contributed by atoms with E-state index in [9.17, 15) is 0 Å². The van der Waals surface area contributed by atoms with Gasteiger partial charge in [-0.2, -0.15) is 5.26 Å². The van der Waals surface area contributed by atoms with E-state index in [1.807, 2.05) is 12.1 Å². The molecule has 0 saturated heterocycles. The van der Waals surface area contributed by atoms with Gasteiger partial charge >= 0.3 is 0 Å². The zero-order valence-corrected chi connectivity index (χ0v) is 12.0. The number of rotatable bonds is 5. The van der Waals surface area contributed by atoms with Crippen LogP contribution in [0, 0.1) is 11.3 Å². The molecule has 21 heavy (non-hydrogen) atoms. The fourth-order valence-electron chi connectivity index (χ4n) is 2.12. The summed E-state index contributed by atoms with van der Waals surface area (Å²) in [5.74, 6) is 2.24. The highest BCUT2D eigenvalue weighted by molar-refractivity contribution is 5.63. The van der Waals surface area contributed by atoms with E-state index in [-0.39, 0.29) is 0 Å². The topological polar surface area (TPSA) is 74.5 Å². The molecule has 0 aliphatic heterocycles. The van der Waals surface area contributed by atoms with Crippen LogP contribution in [0.1, 0.15) is 43.5 Å². The van der Waals surface area contributed by atoms with Gasteiger partial charge in [0.1, 0.15) is 17.7 Å². The number of hydrogen-bond donors (Lipinski definition) is 1. The molecule has 0 bridgehead atoms. The number of aromatic nitrogens is 3. The third-order valence-corrected chi connectivity index (χ3v) is 3.41. The van der Waals surface area contributed by atoms with E-state index in [1.165, 1.54) is 0 Å². The van der Waals surface area contributed by atoms with Crippen LogP contribution in [-0.2, 0) is 0 Å². The first-order valence-corrected chi connectivity index (χ1v) is 7.28. The van der Waals surface area contributed by atoms with Gasteiger partial charge in [0.2, 0.25) is 0 Å². The van der Waals surface area contributed by atoms with Gasteiger partial charge in [0.05, 0.1) is 11.3 Å². The molecule has 2 heterocycles. The maximum Gasteiger partial charge on any atom is 0.134 e. The van der Waals surface area contributed by atoms with Crippen molar-refractivity contribution in [2.24, 2.45) is 0 Å². The minimum atomic E-state index is 0.485. The van der Waals surface area contributed by atoms with Crippen LogP contribution >= 0.6 is 0 Å². The largest absolute Gasteiger partial charge is 0.370 e. The molecule has 0 radical (unpaired) electrons. The number of nitrogens with one attached hydrogen (secondary N) is 1. The lowest BCUT2D eigenvalue weighted by atomic mass is 10.1. The van der Waals surface area contributed by atoms with E-state index in [0.717, 1.165) is 48.7 Å². The van der Waals surface area contributed by atoms with Crippen LogP contribution < -0.4 is 5.32 Å². The Hall–Kier alpha value is -2.48. The molecule has 1 saturated carbocycles. The molecule has 1 N–H and O–H groups in total. The molecule has 1 fully saturated rings. The van der Waals surface area contributed by atoms with Crippen LogP contribution in [0.4, 0.5) is 5.82 Å². The van der Waals surface area contributed by atoms with Crippen LogP contribution in [0.3, 0.4) is 0 Å². The van der Waals surface area contributed by atoms with Crippen molar-refractivity contribution in [2.75, 3.05) is 11.9 Å². The molecule has 5 nitrogen and oxygen atoms in total. The molecule has 0 spiro atoms. The van der Waals surface area contributed by atoms with Crippen molar-refractivity contribution in [2.45, 2.75) is 32.1 Å². The minimum absolute atomic E-state index is 0.485. The molecule has 2 aromatic rings. The van der Waals surface area contributed by atoms with E-state index in [1.54, 1.807) is 12.4 Å². The molecule has 106 valence electrons. The third-order valence-electron chi connectivity index (χ3n) is 3.41. The van der Waals surface area contributed by atoms with Crippen molar-refractivity contribution in [3.8, 4) is 17.3 Å². The summed E-state index contributed by atoms with van der Waals surface area (Å²) in [6, 6.07) is 5.86. The molecule has 3 rings (SSSR count). The lowest BCUT2D eigenvalue weighted by molar-refractivity contribution is 0.911. The van der Waals surface area contributed by atoms with Crippen molar-refractivity contribution >= 4 is 5.82 Å². The normalized spacial score (nSPS) is 13.7. The third kappa shape index (κ3) is 3.16. The van der Waals surface area contributed by atoms with Crippen LogP contribution in [0.2, 0.25) is 0 Å². The smallest absolute Gasteiger partial charge is 0.134 e. The van der Waals surface area contributed by atoms with E-state index >= 15 is 0 Å². The Kier molecular flexibility index (Phi) is 3.78. The van der Waals surface area contributed by atoms with Crippen LogP contribution in [-0.4, -0.2) is 21.5 Å². The molecule has 2 aromatic heterocycles. The van der Waals surface area contributed by atoms with E-state index in [2.05, 4.69) is 33.3 Å². The Labute approximate surface area is 124 Å². The zero-order chi connectivity index (χ0) is 14.7. The Balaban J connectivity index is 1.99. The summed E-state index contributed by atoms with van der Waals surface area (Å²) in [6.45, 7) is 3.01. The van der Waals surface area contributed by atoms with E-state index < -0.39 is 0 Å². The molecule has 0 atom stereocenters. The monoisotopic (exact) mass is 279 g/mol. The quantitative estimate of drug-likeness (QED) is 0.910. The second-order valence-electron chi connectivity index (χ2n) is 5.27. The average molecular weight is 279 g/mol. The lowest BCUT2D eigenvalue weighted by Crippen LogP contribution is -2.05. The first kappa shape index (κ1) is 13.5. The van der Waals surface area contributed by atoms with Gasteiger partial charge in [-0.1, -0.05) is 6.92 Å². The summed E-state index contributed by atoms with van der Waals surface area (Å²) in [7, 11) is 0. The van der Waals surface area contributed by atoms with Crippen molar-refractivity contribution in [3.63, 3.8) is 0 Å². The lowest BCUT2D eigenvalue weighted by Gasteiger charge is -2.09. The Morgan fingerprint density at radius 1 is 1.29 bits per heavy atom. The van der Waals surface area contributed by atoms with Crippen molar-refractivity contribution in [1.82, 2.24) is 15.0 Å². The molecule has 5 heteroatoms. The predicted octanol–water partition coefficient (Wildman–Crippen LogP) is 3.11. The number of nitrogens with zero attached hydrogens (tertiary/aromatic N) is 4. The van der Waals surface area contributed by atoms with Gasteiger partial charge in [-0.15, -0.1) is 0 Å². The van der Waals surface area contributed by atoms with Gasteiger partial charge in [-0.25, -0.2) is 9.97 Å². The van der Waals surface area contributed by atoms with Gasteiger partial charge in [-0.05, 0) is 25.3 Å². The van der Waals surface area contributed by atoms with Crippen LogP contribution in [0.15, 0.2) is 24.5 Å². The second kappa shape index (κ2) is 5.88. The van der Waals surface area contributed by atoms with Crippen molar-refractivity contribution in [1.29, 1.82) is 5.26 Å². The molecule has 1 aliphatic rings. The summed E-state index contributed by atoms with van der Waals surface area (Å²) in [5.41, 5.74) is 2.23. The molecule has 0 aromatic carbocycles. The Morgan fingerprint density at radius 3 is 2.86 bits per heavy atom. The number of nitriles is 1. The highest BCUT2D eigenvalue weighted by atomic mass is 15.0. The molecular formula is C16H17N5. The summed E-state index contributed by atoms with van der Waals surface area (Å²) >= 11 is 0. The average Bonchev–Trinajstić information content (AvgIpc) is 3.37. The van der Waals surface area contributed by atoms with Crippen molar-refractivity contribution in [3.05, 3.63) is 35.9 Å². The zero-order valence-electron chi connectivity index (χ0n) is 12.0. The van der Waals surface area contributed by atoms with E-state index in [0.29, 0.717) is 11.5 Å². The highest BCUT2D eigenvalue weighted by Gasteiger charge is 2.27. The summed E-state index contributed by atoms with van der Waals surface area (Å²) < 4.78 is 0. The molecule has 0 unspecified atom stereocenters. The van der Waals surface area contributed by atoms with Crippen LogP contribution in [0.5, 0.6) is 0 Å². The first-order chi connectivity index (χ1) is 10.3. The SMILES string of the molecule is CCCNc1cc(-c2cncc(C#N)c2)nc(C2CC2)n1. The van der Waals surface area contributed by atoms with E-state index in [4.69, 9.17) is 5.26 Å². The molecular weight excluding hydrogens is 262 g/mol. The Bertz CT molecular complexity index is 685. The van der Waals surface area contributed by atoms with Crippen LogP contribution in [0.25, 0.3) is 11.3 Å².